The highest BCUT2D eigenvalue weighted by Gasteiger charge is 2.07. The van der Waals surface area contributed by atoms with E-state index in [1.807, 2.05) is 13.0 Å². The molecule has 1 aromatic heterocycles. The number of nitrogens with one attached hydrogen (secondary N) is 1. The molecule has 0 amide bonds. The fourth-order valence-electron chi connectivity index (χ4n) is 1.10. The lowest BCUT2D eigenvalue weighted by molar-refractivity contribution is 0.362. The second-order valence-corrected chi connectivity index (χ2v) is 3.97. The molecular formula is C10H19N3O. The third-order valence-electron chi connectivity index (χ3n) is 2.21. The van der Waals surface area contributed by atoms with E-state index in [4.69, 9.17) is 10.3 Å². The first-order chi connectivity index (χ1) is 6.59. The highest BCUT2D eigenvalue weighted by atomic mass is 16.5. The average Bonchev–Trinajstić information content (AvgIpc) is 2.51. The summed E-state index contributed by atoms with van der Waals surface area (Å²) in [6.07, 6.45) is 0. The van der Waals surface area contributed by atoms with Gasteiger partial charge in [0.1, 0.15) is 0 Å². The van der Waals surface area contributed by atoms with Crippen LogP contribution in [0.2, 0.25) is 0 Å². The number of hydrogen-bond acceptors (Lipinski definition) is 4. The van der Waals surface area contributed by atoms with E-state index in [9.17, 15) is 0 Å². The van der Waals surface area contributed by atoms with Gasteiger partial charge in [0, 0.05) is 18.7 Å². The second-order valence-electron chi connectivity index (χ2n) is 3.97. The van der Waals surface area contributed by atoms with E-state index in [2.05, 4.69) is 24.3 Å². The van der Waals surface area contributed by atoms with Crippen LogP contribution in [-0.2, 0) is 6.54 Å². The number of rotatable bonds is 5. The van der Waals surface area contributed by atoms with Crippen molar-refractivity contribution >= 4 is 0 Å². The number of aryl methyl sites for hydroxylation is 1. The van der Waals surface area contributed by atoms with Crippen molar-refractivity contribution in [2.24, 2.45) is 11.7 Å². The Balaban J connectivity index is 2.22. The zero-order valence-corrected chi connectivity index (χ0v) is 9.08. The predicted octanol–water partition coefficient (Wildman–Crippen LogP) is 1.06. The Kier molecular flexibility index (Phi) is 4.10. The molecule has 0 fully saturated rings. The highest BCUT2D eigenvalue weighted by molar-refractivity contribution is 5.02. The molecule has 14 heavy (non-hydrogen) atoms. The smallest absolute Gasteiger partial charge is 0.150 e. The van der Waals surface area contributed by atoms with E-state index < -0.39 is 0 Å². The molecule has 1 unspecified atom stereocenters. The average molecular weight is 197 g/mol. The summed E-state index contributed by atoms with van der Waals surface area (Å²) in [5.74, 6) is 1.36. The van der Waals surface area contributed by atoms with Crippen LogP contribution in [0.4, 0.5) is 0 Å². The van der Waals surface area contributed by atoms with Crippen molar-refractivity contribution < 1.29 is 4.52 Å². The topological polar surface area (TPSA) is 64.1 Å². The molecule has 0 saturated carbocycles. The van der Waals surface area contributed by atoms with Crippen molar-refractivity contribution in [2.45, 2.75) is 33.4 Å². The van der Waals surface area contributed by atoms with Gasteiger partial charge in [-0.3, -0.25) is 0 Å². The van der Waals surface area contributed by atoms with Crippen LogP contribution in [0.1, 0.15) is 25.3 Å². The van der Waals surface area contributed by atoms with E-state index in [0.29, 0.717) is 12.5 Å². The van der Waals surface area contributed by atoms with Crippen LogP contribution in [-0.4, -0.2) is 17.7 Å². The van der Waals surface area contributed by atoms with Crippen molar-refractivity contribution in [1.82, 2.24) is 10.5 Å². The molecule has 4 heteroatoms. The summed E-state index contributed by atoms with van der Waals surface area (Å²) < 4.78 is 5.05. The van der Waals surface area contributed by atoms with Gasteiger partial charge >= 0.3 is 0 Å². The highest BCUT2D eigenvalue weighted by Crippen LogP contribution is 2.01. The number of nitrogens with zero attached hydrogens (tertiary/aromatic N) is 1. The Morgan fingerprint density at radius 2 is 2.29 bits per heavy atom. The quantitative estimate of drug-likeness (QED) is 0.740. The lowest BCUT2D eigenvalue weighted by Gasteiger charge is -2.15. The van der Waals surface area contributed by atoms with Gasteiger partial charge in [0.05, 0.1) is 12.2 Å². The Hall–Kier alpha value is -0.870. The van der Waals surface area contributed by atoms with Gasteiger partial charge in [-0.25, -0.2) is 0 Å². The van der Waals surface area contributed by atoms with Gasteiger partial charge in [-0.05, 0) is 12.8 Å². The van der Waals surface area contributed by atoms with Gasteiger partial charge in [-0.15, -0.1) is 0 Å². The van der Waals surface area contributed by atoms with Gasteiger partial charge < -0.3 is 15.6 Å². The molecule has 1 atom stereocenters. The molecule has 80 valence electrons. The maximum Gasteiger partial charge on any atom is 0.150 e. The van der Waals surface area contributed by atoms with Crippen molar-refractivity contribution in [3.63, 3.8) is 0 Å². The maximum atomic E-state index is 5.88. The Bertz CT molecular complexity index is 270. The summed E-state index contributed by atoms with van der Waals surface area (Å²) in [5, 5.41) is 7.04. The van der Waals surface area contributed by atoms with E-state index >= 15 is 0 Å². The molecule has 0 saturated heterocycles. The number of nitrogens with two attached hydrogens (primary N) is 1. The van der Waals surface area contributed by atoms with Crippen molar-refractivity contribution in [3.05, 3.63) is 17.5 Å². The molecule has 0 radical (unpaired) electrons. The van der Waals surface area contributed by atoms with Crippen molar-refractivity contribution in [3.8, 4) is 0 Å². The van der Waals surface area contributed by atoms with Crippen LogP contribution in [0.25, 0.3) is 0 Å². The van der Waals surface area contributed by atoms with E-state index in [1.165, 1.54) is 0 Å². The molecule has 0 aromatic carbocycles. The molecule has 1 rings (SSSR count). The van der Waals surface area contributed by atoms with Crippen LogP contribution < -0.4 is 11.1 Å². The minimum absolute atomic E-state index is 0.194. The van der Waals surface area contributed by atoms with Gasteiger partial charge in [-0.2, -0.15) is 0 Å². The maximum absolute atomic E-state index is 5.88. The molecule has 0 bridgehead atoms. The van der Waals surface area contributed by atoms with E-state index in [0.717, 1.165) is 18.0 Å². The summed E-state index contributed by atoms with van der Waals surface area (Å²) in [5.41, 5.74) is 6.79. The normalized spacial score (nSPS) is 13.5. The minimum Gasteiger partial charge on any atom is -0.360 e. The standard InChI is InChI=1S/C10H19N3O/c1-7(2)10(11)6-12-5-9-4-8(3)13-14-9/h4,7,10,12H,5-6,11H2,1-3H3. The van der Waals surface area contributed by atoms with Gasteiger partial charge in [-0.1, -0.05) is 19.0 Å². The first-order valence-corrected chi connectivity index (χ1v) is 4.98. The monoisotopic (exact) mass is 197 g/mol. The second kappa shape index (κ2) is 5.12. The molecular weight excluding hydrogens is 178 g/mol. The lowest BCUT2D eigenvalue weighted by atomic mass is 10.1. The van der Waals surface area contributed by atoms with Crippen LogP contribution in [0.5, 0.6) is 0 Å². The first kappa shape index (κ1) is 11.2. The molecule has 4 nitrogen and oxygen atoms in total. The van der Waals surface area contributed by atoms with Gasteiger partial charge in [0.25, 0.3) is 0 Å². The van der Waals surface area contributed by atoms with Gasteiger partial charge in [0.2, 0.25) is 0 Å². The Morgan fingerprint density at radius 1 is 1.57 bits per heavy atom. The summed E-state index contributed by atoms with van der Waals surface area (Å²) >= 11 is 0. The third-order valence-corrected chi connectivity index (χ3v) is 2.21. The van der Waals surface area contributed by atoms with Crippen LogP contribution in [0, 0.1) is 12.8 Å². The summed E-state index contributed by atoms with van der Waals surface area (Å²) in [6.45, 7) is 7.64. The Labute approximate surface area is 84.8 Å². The zero-order valence-electron chi connectivity index (χ0n) is 9.08. The number of aromatic nitrogens is 1. The van der Waals surface area contributed by atoms with Crippen LogP contribution >= 0.6 is 0 Å². The first-order valence-electron chi connectivity index (χ1n) is 4.98. The molecule has 0 aliphatic heterocycles. The molecule has 3 N–H and O–H groups in total. The molecule has 0 aliphatic carbocycles. The fourth-order valence-corrected chi connectivity index (χ4v) is 1.10. The number of hydrogen-bond donors (Lipinski definition) is 2. The summed E-state index contributed by atoms with van der Waals surface area (Å²) in [6, 6.07) is 2.12. The SMILES string of the molecule is Cc1cc(CNCC(N)C(C)C)on1. The van der Waals surface area contributed by atoms with E-state index in [1.54, 1.807) is 0 Å². The summed E-state index contributed by atoms with van der Waals surface area (Å²) in [4.78, 5) is 0. The molecule has 0 aliphatic rings. The summed E-state index contributed by atoms with van der Waals surface area (Å²) in [7, 11) is 0. The van der Waals surface area contributed by atoms with Crippen LogP contribution in [0.3, 0.4) is 0 Å². The predicted molar refractivity (Wildman–Crippen MR) is 55.8 cm³/mol. The van der Waals surface area contributed by atoms with Crippen LogP contribution in [0.15, 0.2) is 10.6 Å². The fraction of sp³-hybridized carbons (Fsp3) is 0.700. The van der Waals surface area contributed by atoms with E-state index in [-0.39, 0.29) is 6.04 Å². The zero-order chi connectivity index (χ0) is 10.6. The largest absolute Gasteiger partial charge is 0.360 e. The molecule has 1 heterocycles. The minimum atomic E-state index is 0.194. The van der Waals surface area contributed by atoms with Crippen molar-refractivity contribution in [1.29, 1.82) is 0 Å². The third kappa shape index (κ3) is 3.47. The molecule has 0 spiro atoms. The molecule has 1 aromatic rings. The van der Waals surface area contributed by atoms with Gasteiger partial charge in [0.15, 0.2) is 5.76 Å². The Morgan fingerprint density at radius 3 is 2.79 bits per heavy atom. The van der Waals surface area contributed by atoms with Crippen molar-refractivity contribution in [2.75, 3.05) is 6.54 Å². The lowest BCUT2D eigenvalue weighted by Crippen LogP contribution is -2.37.